The van der Waals surface area contributed by atoms with Gasteiger partial charge in [-0.1, -0.05) is 17.7 Å². The minimum atomic E-state index is -1.20. The van der Waals surface area contributed by atoms with Crippen molar-refractivity contribution in [1.82, 2.24) is 15.0 Å². The van der Waals surface area contributed by atoms with Crippen molar-refractivity contribution in [2.45, 2.75) is 42.5 Å². The molecule has 8 nitrogen and oxygen atoms in total. The van der Waals surface area contributed by atoms with Gasteiger partial charge in [0, 0.05) is 37.7 Å². The molecule has 0 aromatic carbocycles. The lowest BCUT2D eigenvalue weighted by atomic mass is 9.77. The molecule has 5 rings (SSSR count). The second-order valence-electron chi connectivity index (χ2n) is 8.44. The molecule has 0 amide bonds. The van der Waals surface area contributed by atoms with Crippen molar-refractivity contribution in [3.8, 4) is 6.07 Å². The summed E-state index contributed by atoms with van der Waals surface area (Å²) in [6.07, 6.45) is 9.22. The first-order chi connectivity index (χ1) is 15.5. The van der Waals surface area contributed by atoms with Crippen LogP contribution in [0.4, 0.5) is 11.5 Å². The average molecular weight is 471 g/mol. The molecule has 0 spiro atoms. The normalized spacial score (nSPS) is 21.3. The number of rotatable bonds is 5. The third kappa shape index (κ3) is 3.66. The molecule has 1 fully saturated rings. The third-order valence-corrected chi connectivity index (χ3v) is 8.15. The van der Waals surface area contributed by atoms with E-state index in [1.807, 2.05) is 0 Å². The lowest BCUT2D eigenvalue weighted by Gasteiger charge is -2.42. The smallest absolute Gasteiger partial charge is 0.154 e. The average Bonchev–Trinajstić information content (AvgIpc) is 3.17. The number of nitriles is 1. The first-order valence-electron chi connectivity index (χ1n) is 10.7. The lowest BCUT2D eigenvalue weighted by Crippen LogP contribution is -2.48. The van der Waals surface area contributed by atoms with Gasteiger partial charge in [-0.15, -0.1) is 0 Å². The first-order valence-corrected chi connectivity index (χ1v) is 12.4. The number of pyridine rings is 1. The Morgan fingerprint density at radius 1 is 1.31 bits per heavy atom. The van der Waals surface area contributed by atoms with Crippen LogP contribution in [-0.2, 0) is 17.2 Å². The van der Waals surface area contributed by atoms with Crippen molar-refractivity contribution in [3.05, 3.63) is 40.6 Å². The van der Waals surface area contributed by atoms with Gasteiger partial charge < -0.3 is 15.3 Å². The second kappa shape index (κ2) is 8.43. The summed E-state index contributed by atoms with van der Waals surface area (Å²) in [6.45, 7) is 1.20. The summed E-state index contributed by atoms with van der Waals surface area (Å²) >= 11 is 5.89. The van der Waals surface area contributed by atoms with Crippen molar-refractivity contribution in [1.29, 1.82) is 5.26 Å². The molecule has 0 radical (unpaired) electrons. The molecule has 32 heavy (non-hydrogen) atoms. The van der Waals surface area contributed by atoms with E-state index in [9.17, 15) is 14.6 Å². The van der Waals surface area contributed by atoms with Gasteiger partial charge in [0.1, 0.15) is 17.5 Å². The number of fused-ring (bicyclic) bond motifs is 1. The van der Waals surface area contributed by atoms with E-state index in [4.69, 9.17) is 16.6 Å². The summed E-state index contributed by atoms with van der Waals surface area (Å²) in [4.78, 5) is 16.1. The minimum Gasteiger partial charge on any atom is -0.394 e. The Kier molecular flexibility index (Phi) is 5.61. The Morgan fingerprint density at radius 3 is 2.69 bits per heavy atom. The largest absolute Gasteiger partial charge is 0.394 e. The van der Waals surface area contributed by atoms with Gasteiger partial charge in [-0.3, -0.25) is 4.21 Å². The highest BCUT2D eigenvalue weighted by Crippen LogP contribution is 2.42. The quantitative estimate of drug-likeness (QED) is 0.685. The number of nitrogens with zero attached hydrogens (tertiary/aromatic N) is 5. The minimum absolute atomic E-state index is 0.0200. The van der Waals surface area contributed by atoms with Crippen molar-refractivity contribution >= 4 is 39.5 Å². The van der Waals surface area contributed by atoms with Crippen LogP contribution in [0.1, 0.15) is 42.8 Å². The van der Waals surface area contributed by atoms with Crippen molar-refractivity contribution in [2.24, 2.45) is 0 Å². The van der Waals surface area contributed by atoms with Crippen LogP contribution in [0.2, 0.25) is 5.02 Å². The van der Waals surface area contributed by atoms with Crippen LogP contribution < -0.4 is 10.2 Å². The van der Waals surface area contributed by atoms with Crippen molar-refractivity contribution in [3.63, 3.8) is 0 Å². The Morgan fingerprint density at radius 2 is 2.09 bits per heavy atom. The zero-order valence-electron chi connectivity index (χ0n) is 17.5. The number of anilines is 2. The monoisotopic (exact) mass is 470 g/mol. The molecule has 166 valence electrons. The van der Waals surface area contributed by atoms with E-state index in [1.54, 1.807) is 12.4 Å². The summed E-state index contributed by atoms with van der Waals surface area (Å²) in [5.74, 6) is 1.77. The summed E-state index contributed by atoms with van der Waals surface area (Å²) in [7, 11) is -1.20. The number of hydrogen-bond donors (Lipinski definition) is 2. The van der Waals surface area contributed by atoms with Gasteiger partial charge in [-0.05, 0) is 31.3 Å². The van der Waals surface area contributed by atoms with Gasteiger partial charge >= 0.3 is 0 Å². The number of aliphatic hydroxyl groups is 1. The number of aromatic nitrogens is 3. The molecule has 0 bridgehead atoms. The molecule has 0 saturated heterocycles. The molecule has 1 atom stereocenters. The SMILES string of the molecule is N#Cc1c(N2CC=C(c3ncc(Cl)cn3)CC2)nc2c(c1NC1(CO)CCC1)[S@](=O)CC2. The summed E-state index contributed by atoms with van der Waals surface area (Å²) in [5, 5.41) is 24.0. The number of aliphatic hydroxyl groups excluding tert-OH is 1. The van der Waals surface area contributed by atoms with Gasteiger partial charge in [0.25, 0.3) is 0 Å². The molecule has 2 N–H and O–H groups in total. The third-order valence-electron chi connectivity index (χ3n) is 6.49. The molecule has 2 aromatic rings. The van der Waals surface area contributed by atoms with Crippen LogP contribution >= 0.6 is 11.6 Å². The Hall–Kier alpha value is -2.54. The van der Waals surface area contributed by atoms with E-state index in [2.05, 4.69) is 32.3 Å². The molecule has 0 unspecified atom stereocenters. The Balaban J connectivity index is 1.51. The van der Waals surface area contributed by atoms with Gasteiger partial charge in [0.05, 0.1) is 44.2 Å². The molecular weight excluding hydrogens is 448 g/mol. The molecule has 2 aliphatic heterocycles. The predicted octanol–water partition coefficient (Wildman–Crippen LogP) is 2.68. The molecule has 4 heterocycles. The molecule has 1 saturated carbocycles. The summed E-state index contributed by atoms with van der Waals surface area (Å²) in [6, 6.07) is 2.31. The molecule has 3 aliphatic rings. The van der Waals surface area contributed by atoms with E-state index in [1.165, 1.54) is 0 Å². The van der Waals surface area contributed by atoms with Crippen LogP contribution in [0.3, 0.4) is 0 Å². The Bertz CT molecular complexity index is 1150. The van der Waals surface area contributed by atoms with Gasteiger partial charge in [-0.2, -0.15) is 5.26 Å². The maximum atomic E-state index is 12.8. The van der Waals surface area contributed by atoms with Gasteiger partial charge in [-0.25, -0.2) is 15.0 Å². The summed E-state index contributed by atoms with van der Waals surface area (Å²) < 4.78 is 12.8. The maximum absolute atomic E-state index is 12.8. The van der Waals surface area contributed by atoms with Crippen LogP contribution in [-0.4, -0.2) is 55.3 Å². The highest BCUT2D eigenvalue weighted by atomic mass is 35.5. The topological polar surface area (TPSA) is 115 Å². The van der Waals surface area contributed by atoms with Gasteiger partial charge in [0.2, 0.25) is 0 Å². The highest BCUT2D eigenvalue weighted by molar-refractivity contribution is 7.85. The fraction of sp³-hybridized carbons (Fsp3) is 0.455. The highest BCUT2D eigenvalue weighted by Gasteiger charge is 2.40. The lowest BCUT2D eigenvalue weighted by molar-refractivity contribution is 0.144. The van der Waals surface area contributed by atoms with Crippen LogP contribution in [0.25, 0.3) is 5.57 Å². The number of hydrogen-bond acceptors (Lipinski definition) is 8. The fourth-order valence-corrected chi connectivity index (χ4v) is 5.97. The Labute approximate surface area is 193 Å². The van der Waals surface area contributed by atoms with E-state index in [0.29, 0.717) is 64.5 Å². The summed E-state index contributed by atoms with van der Waals surface area (Å²) in [5.41, 5.74) is 2.35. The first kappa shape index (κ1) is 21.3. The van der Waals surface area contributed by atoms with Crippen LogP contribution in [0.15, 0.2) is 23.4 Å². The standard InChI is InChI=1S/C22H23ClN6O2S/c23-15-11-25-20(26-12-15)14-2-7-29(8-3-14)21-16(10-24)18(28-22(13-30)5-1-6-22)19-17(27-21)4-9-32(19)31/h2,11-12,30H,1,3-9,13H2,(H,27,28)/t32-/m1/s1. The predicted molar refractivity (Wildman–Crippen MR) is 123 cm³/mol. The molecule has 1 aliphatic carbocycles. The number of halogens is 1. The van der Waals surface area contributed by atoms with Crippen molar-refractivity contribution in [2.75, 3.05) is 35.7 Å². The van der Waals surface area contributed by atoms with E-state index in [-0.39, 0.29) is 6.61 Å². The fourth-order valence-electron chi connectivity index (χ4n) is 4.50. The second-order valence-corrected chi connectivity index (χ2v) is 10.4. The van der Waals surface area contributed by atoms with E-state index >= 15 is 0 Å². The zero-order chi connectivity index (χ0) is 22.3. The van der Waals surface area contributed by atoms with E-state index < -0.39 is 16.3 Å². The zero-order valence-corrected chi connectivity index (χ0v) is 19.0. The van der Waals surface area contributed by atoms with Crippen LogP contribution in [0.5, 0.6) is 0 Å². The number of aryl methyl sites for hydroxylation is 1. The maximum Gasteiger partial charge on any atom is 0.154 e. The van der Waals surface area contributed by atoms with Gasteiger partial charge in [0.15, 0.2) is 5.82 Å². The number of nitrogens with one attached hydrogen (secondary N) is 1. The van der Waals surface area contributed by atoms with Crippen molar-refractivity contribution < 1.29 is 9.32 Å². The van der Waals surface area contributed by atoms with Crippen LogP contribution in [0, 0.1) is 11.3 Å². The molecular formula is C22H23ClN6O2S. The molecule has 2 aromatic heterocycles. The van der Waals surface area contributed by atoms with E-state index in [0.717, 1.165) is 30.5 Å². The molecule has 10 heteroatoms.